The van der Waals surface area contributed by atoms with Crippen molar-refractivity contribution in [3.8, 4) is 0 Å². The second-order valence-electron chi connectivity index (χ2n) is 9.04. The van der Waals surface area contributed by atoms with Crippen LogP contribution in [0.4, 0.5) is 49.6 Å². The van der Waals surface area contributed by atoms with E-state index >= 15 is 0 Å². The Balaban J connectivity index is 1.56. The summed E-state index contributed by atoms with van der Waals surface area (Å²) in [6, 6.07) is 6.81. The molecule has 0 unspecified atom stereocenters. The highest BCUT2D eigenvalue weighted by molar-refractivity contribution is 5.62. The van der Waals surface area contributed by atoms with Crippen LogP contribution in [-0.2, 0) is 18.8 Å². The number of hydrogen-bond donors (Lipinski definition) is 2. The third-order valence-electron chi connectivity index (χ3n) is 6.11. The minimum absolute atomic E-state index is 0.183. The van der Waals surface area contributed by atoms with E-state index in [1.807, 2.05) is 0 Å². The van der Waals surface area contributed by atoms with Gasteiger partial charge in [0.15, 0.2) is 0 Å². The van der Waals surface area contributed by atoms with Crippen LogP contribution >= 0.6 is 0 Å². The number of pyridine rings is 1. The number of rotatable bonds is 9. The molecule has 198 valence electrons. The minimum Gasteiger partial charge on any atom is -0.359 e. The predicted molar refractivity (Wildman–Crippen MR) is 129 cm³/mol. The Hall–Kier alpha value is -3.57. The molecule has 12 heteroatoms. The van der Waals surface area contributed by atoms with Crippen LogP contribution in [0.25, 0.3) is 0 Å². The molecular formula is C25H26F6N6. The van der Waals surface area contributed by atoms with Crippen molar-refractivity contribution in [1.29, 1.82) is 0 Å². The van der Waals surface area contributed by atoms with Crippen molar-refractivity contribution in [2.75, 3.05) is 35.7 Å². The number of likely N-dealkylation sites (N-methyl/N-ethyl adjacent to an activating group) is 1. The summed E-state index contributed by atoms with van der Waals surface area (Å²) < 4.78 is 79.0. The zero-order valence-electron chi connectivity index (χ0n) is 20.2. The van der Waals surface area contributed by atoms with Crippen molar-refractivity contribution in [2.24, 2.45) is 5.92 Å². The van der Waals surface area contributed by atoms with Gasteiger partial charge in [-0.3, -0.25) is 0 Å². The number of alkyl halides is 6. The molecule has 4 rings (SSSR count). The van der Waals surface area contributed by atoms with Gasteiger partial charge in [-0.2, -0.15) is 31.3 Å². The number of halogens is 6. The van der Waals surface area contributed by atoms with Crippen LogP contribution in [-0.4, -0.2) is 35.1 Å². The molecule has 1 saturated carbocycles. The highest BCUT2D eigenvalue weighted by atomic mass is 19.4. The van der Waals surface area contributed by atoms with E-state index < -0.39 is 23.5 Å². The third-order valence-corrected chi connectivity index (χ3v) is 6.11. The molecule has 1 aliphatic rings. The lowest BCUT2D eigenvalue weighted by molar-refractivity contribution is -0.138. The maximum atomic E-state index is 13.4. The van der Waals surface area contributed by atoms with Gasteiger partial charge in [-0.25, -0.2) is 9.97 Å². The average Bonchev–Trinajstić information content (AvgIpc) is 3.67. The van der Waals surface area contributed by atoms with Gasteiger partial charge in [0.05, 0.1) is 16.8 Å². The summed E-state index contributed by atoms with van der Waals surface area (Å²) in [4.78, 5) is 14.4. The maximum absolute atomic E-state index is 13.4. The van der Waals surface area contributed by atoms with E-state index in [2.05, 4.69) is 25.6 Å². The molecular weight excluding hydrogens is 498 g/mol. The standard InChI is InChI=1S/C25H26F6N6/c1-15-20(11-13-37(2)22-19(25(29,30)31)4-3-12-32-22)35-23(33-14-16-5-6-16)36-21(15)34-18-9-7-17(8-10-18)24(26,27)28/h3-4,7-10,12,16H,5-6,11,13-14H2,1-2H3,(H2,33,34,35,36). The Kier molecular flexibility index (Phi) is 7.47. The molecule has 0 bridgehead atoms. The van der Waals surface area contributed by atoms with E-state index in [0.29, 0.717) is 47.6 Å². The zero-order chi connectivity index (χ0) is 26.8. The van der Waals surface area contributed by atoms with Crippen LogP contribution in [0.15, 0.2) is 42.6 Å². The number of nitrogens with one attached hydrogen (secondary N) is 2. The van der Waals surface area contributed by atoms with Gasteiger partial charge in [0.2, 0.25) is 5.95 Å². The van der Waals surface area contributed by atoms with Crippen LogP contribution in [0.2, 0.25) is 0 Å². The molecule has 1 fully saturated rings. The molecule has 0 spiro atoms. The summed E-state index contributed by atoms with van der Waals surface area (Å²) in [6.07, 6.45) is -5.16. The van der Waals surface area contributed by atoms with Gasteiger partial charge in [0.1, 0.15) is 11.6 Å². The van der Waals surface area contributed by atoms with Gasteiger partial charge in [0.25, 0.3) is 0 Å². The fourth-order valence-electron chi connectivity index (χ4n) is 3.75. The van der Waals surface area contributed by atoms with Gasteiger partial charge >= 0.3 is 12.4 Å². The molecule has 0 saturated heterocycles. The van der Waals surface area contributed by atoms with Crippen molar-refractivity contribution in [3.05, 3.63) is 65.0 Å². The number of nitrogens with zero attached hydrogens (tertiary/aromatic N) is 4. The van der Waals surface area contributed by atoms with Crippen LogP contribution in [0.5, 0.6) is 0 Å². The normalized spacial score (nSPS) is 13.9. The van der Waals surface area contributed by atoms with Gasteiger partial charge in [-0.05, 0) is 62.1 Å². The molecule has 2 heterocycles. The highest BCUT2D eigenvalue weighted by Gasteiger charge is 2.35. The fraction of sp³-hybridized carbons (Fsp3) is 0.400. The topological polar surface area (TPSA) is 66.0 Å². The second kappa shape index (κ2) is 10.4. The molecule has 0 atom stereocenters. The second-order valence-corrected chi connectivity index (χ2v) is 9.04. The molecule has 1 aliphatic carbocycles. The van der Waals surface area contributed by atoms with E-state index in [1.54, 1.807) is 6.92 Å². The van der Waals surface area contributed by atoms with Crippen molar-refractivity contribution in [2.45, 2.75) is 38.5 Å². The minimum atomic E-state index is -4.54. The smallest absolute Gasteiger partial charge is 0.359 e. The lowest BCUT2D eigenvalue weighted by atomic mass is 10.1. The molecule has 6 nitrogen and oxygen atoms in total. The first-order chi connectivity index (χ1) is 17.4. The van der Waals surface area contributed by atoms with Crippen LogP contribution < -0.4 is 15.5 Å². The quantitative estimate of drug-likeness (QED) is 0.313. The fourth-order valence-corrected chi connectivity index (χ4v) is 3.75. The lowest BCUT2D eigenvalue weighted by Gasteiger charge is -2.22. The van der Waals surface area contributed by atoms with Crippen molar-refractivity contribution in [1.82, 2.24) is 15.0 Å². The predicted octanol–water partition coefficient (Wildman–Crippen LogP) is 6.46. The van der Waals surface area contributed by atoms with Crippen molar-refractivity contribution < 1.29 is 26.3 Å². The van der Waals surface area contributed by atoms with Crippen LogP contribution in [0.3, 0.4) is 0 Å². The first-order valence-electron chi connectivity index (χ1n) is 11.7. The molecule has 0 radical (unpaired) electrons. The Labute approximate surface area is 210 Å². The number of benzene rings is 1. The Morgan fingerprint density at radius 1 is 0.973 bits per heavy atom. The molecule has 0 aliphatic heterocycles. The molecule has 37 heavy (non-hydrogen) atoms. The Morgan fingerprint density at radius 2 is 1.68 bits per heavy atom. The molecule has 0 amide bonds. The molecule has 1 aromatic carbocycles. The summed E-state index contributed by atoms with van der Waals surface area (Å²) in [5.74, 6) is 1.10. The first kappa shape index (κ1) is 26.5. The summed E-state index contributed by atoms with van der Waals surface area (Å²) >= 11 is 0. The van der Waals surface area contributed by atoms with Gasteiger partial charge < -0.3 is 15.5 Å². The zero-order valence-corrected chi connectivity index (χ0v) is 20.2. The van der Waals surface area contributed by atoms with E-state index in [0.717, 1.165) is 31.0 Å². The van der Waals surface area contributed by atoms with Crippen LogP contribution in [0, 0.1) is 12.8 Å². The van der Waals surface area contributed by atoms with Gasteiger partial charge in [-0.15, -0.1) is 0 Å². The maximum Gasteiger partial charge on any atom is 0.419 e. The summed E-state index contributed by atoms with van der Waals surface area (Å²) in [5.41, 5.74) is 0.0600. The number of aromatic nitrogens is 3. The average molecular weight is 525 g/mol. The van der Waals surface area contributed by atoms with E-state index in [9.17, 15) is 26.3 Å². The SMILES string of the molecule is Cc1c(CCN(C)c2ncccc2C(F)(F)F)nc(NCC2CC2)nc1Nc1ccc(C(F)(F)F)cc1. The van der Waals surface area contributed by atoms with E-state index in [-0.39, 0.29) is 12.4 Å². The van der Waals surface area contributed by atoms with Gasteiger partial charge in [-0.1, -0.05) is 0 Å². The van der Waals surface area contributed by atoms with Crippen LogP contribution in [0.1, 0.15) is 35.2 Å². The monoisotopic (exact) mass is 524 g/mol. The summed E-state index contributed by atoms with van der Waals surface area (Å²) in [6.45, 7) is 2.64. The number of anilines is 4. The molecule has 2 N–H and O–H groups in total. The molecule has 3 aromatic rings. The summed E-state index contributed by atoms with van der Waals surface area (Å²) in [7, 11) is 1.53. The lowest BCUT2D eigenvalue weighted by Crippen LogP contribution is -2.25. The highest BCUT2D eigenvalue weighted by Crippen LogP contribution is 2.35. The van der Waals surface area contributed by atoms with E-state index in [1.165, 1.54) is 36.3 Å². The molecule has 2 aromatic heterocycles. The van der Waals surface area contributed by atoms with Gasteiger partial charge in [0, 0.05) is 44.0 Å². The summed E-state index contributed by atoms with van der Waals surface area (Å²) in [5, 5.41) is 6.24. The Morgan fingerprint density at radius 3 is 2.30 bits per heavy atom. The Bertz CT molecular complexity index is 1220. The van der Waals surface area contributed by atoms with Crippen molar-refractivity contribution in [3.63, 3.8) is 0 Å². The van der Waals surface area contributed by atoms with Crippen molar-refractivity contribution >= 4 is 23.3 Å². The third kappa shape index (κ3) is 6.80. The number of hydrogen-bond acceptors (Lipinski definition) is 6. The van der Waals surface area contributed by atoms with E-state index in [4.69, 9.17) is 0 Å². The largest absolute Gasteiger partial charge is 0.419 e. The first-order valence-corrected chi connectivity index (χ1v) is 11.7.